The van der Waals surface area contributed by atoms with Gasteiger partial charge in [-0.15, -0.1) is 17.9 Å². The molecular weight excluding hydrogens is 599 g/mol. The van der Waals surface area contributed by atoms with E-state index in [-0.39, 0.29) is 22.5 Å². The number of aromatic nitrogens is 1. The van der Waals surface area contributed by atoms with Crippen molar-refractivity contribution in [3.8, 4) is 11.3 Å². The fourth-order valence-corrected chi connectivity index (χ4v) is 6.93. The summed E-state index contributed by atoms with van der Waals surface area (Å²) in [5, 5.41) is 3.27. The summed E-state index contributed by atoms with van der Waals surface area (Å²) in [5.74, 6) is 0.655. The van der Waals surface area contributed by atoms with Crippen molar-refractivity contribution in [1.82, 2.24) is 9.88 Å². The normalized spacial score (nSPS) is 15.8. The molecule has 0 radical (unpaired) electrons. The van der Waals surface area contributed by atoms with Gasteiger partial charge in [0, 0.05) is 24.2 Å². The average Bonchev–Trinajstić information content (AvgIpc) is 3.64. The molecule has 1 N–H and O–H groups in total. The number of carbonyl (C=O) groups is 1. The molecule has 5 rings (SSSR count). The van der Waals surface area contributed by atoms with E-state index in [1.54, 1.807) is 60.0 Å². The number of thioether (sulfide) groups is 1. The van der Waals surface area contributed by atoms with Crippen LogP contribution >= 0.6 is 46.3 Å². The van der Waals surface area contributed by atoms with Crippen molar-refractivity contribution in [2.75, 3.05) is 11.3 Å². The van der Waals surface area contributed by atoms with Gasteiger partial charge in [0.2, 0.25) is 0 Å². The first-order valence-electron chi connectivity index (χ1n) is 11.2. The van der Waals surface area contributed by atoms with Crippen molar-refractivity contribution in [3.05, 3.63) is 99.5 Å². The van der Waals surface area contributed by atoms with Crippen molar-refractivity contribution in [1.29, 1.82) is 0 Å². The monoisotopic (exact) mass is 616 g/mol. The number of rotatable bonds is 8. The van der Waals surface area contributed by atoms with E-state index in [9.17, 15) is 13.2 Å². The summed E-state index contributed by atoms with van der Waals surface area (Å²) in [6.45, 7) is 3.97. The van der Waals surface area contributed by atoms with Crippen LogP contribution in [0.15, 0.2) is 98.0 Å². The highest BCUT2D eigenvalue weighted by atomic mass is 35.5. The van der Waals surface area contributed by atoms with Gasteiger partial charge in [-0.25, -0.2) is 18.4 Å². The summed E-state index contributed by atoms with van der Waals surface area (Å²) in [6.07, 6.45) is 4.74. The number of nitrogens with zero attached hydrogens (tertiary/aromatic N) is 3. The number of nitrogens with one attached hydrogen (secondary N) is 1. The molecular formula is C26H18Cl2N4O4S3. The van der Waals surface area contributed by atoms with Crippen molar-refractivity contribution in [3.63, 3.8) is 0 Å². The van der Waals surface area contributed by atoms with Crippen LogP contribution in [0.2, 0.25) is 10.0 Å². The van der Waals surface area contributed by atoms with Gasteiger partial charge >= 0.3 is 0 Å². The molecule has 1 aliphatic heterocycles. The van der Waals surface area contributed by atoms with Gasteiger partial charge in [-0.05, 0) is 60.3 Å². The van der Waals surface area contributed by atoms with E-state index >= 15 is 0 Å². The molecule has 1 aliphatic rings. The first kappa shape index (κ1) is 27.2. The number of halogens is 2. The van der Waals surface area contributed by atoms with Gasteiger partial charge in [0.1, 0.15) is 11.5 Å². The quantitative estimate of drug-likeness (QED) is 0.164. The zero-order valence-electron chi connectivity index (χ0n) is 19.9. The number of amides is 1. The van der Waals surface area contributed by atoms with Gasteiger partial charge in [0.25, 0.3) is 15.9 Å². The molecule has 0 bridgehead atoms. The Hall–Kier alpha value is -3.35. The lowest BCUT2D eigenvalue weighted by atomic mass is 10.2. The highest BCUT2D eigenvalue weighted by Gasteiger charge is 2.33. The van der Waals surface area contributed by atoms with Gasteiger partial charge in [-0.3, -0.25) is 14.4 Å². The third-order valence-corrected chi connectivity index (χ3v) is 9.14. The van der Waals surface area contributed by atoms with Crippen molar-refractivity contribution in [2.45, 2.75) is 4.90 Å². The number of carbonyl (C=O) groups excluding carboxylic acids is 1. The first-order valence-corrected chi connectivity index (χ1v) is 15.2. The third kappa shape index (κ3) is 5.97. The summed E-state index contributed by atoms with van der Waals surface area (Å²) >= 11 is 14.9. The molecule has 0 spiro atoms. The Bertz CT molecular complexity index is 1690. The van der Waals surface area contributed by atoms with Crippen LogP contribution in [0.1, 0.15) is 5.76 Å². The topological polar surface area (TPSA) is 105 Å². The Morgan fingerprint density at radius 2 is 1.85 bits per heavy atom. The number of sulfonamides is 1. The number of anilines is 1. The summed E-state index contributed by atoms with van der Waals surface area (Å²) in [4.78, 5) is 23.6. The number of amidine groups is 1. The first-order chi connectivity index (χ1) is 18.7. The van der Waals surface area contributed by atoms with Crippen LogP contribution in [0.25, 0.3) is 17.4 Å². The second kappa shape index (κ2) is 11.4. The Morgan fingerprint density at radius 3 is 2.51 bits per heavy atom. The van der Waals surface area contributed by atoms with Gasteiger partial charge in [-0.2, -0.15) is 0 Å². The molecule has 4 aromatic rings. The Kier molecular flexibility index (Phi) is 7.96. The summed E-state index contributed by atoms with van der Waals surface area (Å²) in [7, 11) is -3.79. The molecule has 39 heavy (non-hydrogen) atoms. The lowest BCUT2D eigenvalue weighted by Crippen LogP contribution is -2.29. The largest absolute Gasteiger partial charge is 0.457 e. The molecule has 0 aliphatic carbocycles. The molecule has 1 saturated heterocycles. The number of aliphatic imine (C=N–C) groups is 1. The summed E-state index contributed by atoms with van der Waals surface area (Å²) in [6, 6.07) is 14.6. The smallest absolute Gasteiger partial charge is 0.267 e. The molecule has 8 nitrogen and oxygen atoms in total. The number of hydrogen-bond donors (Lipinski definition) is 1. The van der Waals surface area contributed by atoms with Crippen LogP contribution in [-0.2, 0) is 14.8 Å². The fraction of sp³-hybridized carbons (Fsp3) is 0.0385. The minimum atomic E-state index is -3.79. The molecule has 2 aromatic heterocycles. The predicted octanol–water partition coefficient (Wildman–Crippen LogP) is 7.30. The van der Waals surface area contributed by atoms with Gasteiger partial charge in [-0.1, -0.05) is 35.3 Å². The molecule has 198 valence electrons. The second-order valence-corrected chi connectivity index (χ2v) is 12.3. The standard InChI is InChI=1S/C26H18Cl2N4O4S3/c1-2-13-32-24(33)22(15-17-8-11-21(36-17)23-19(27)4-3-5-20(23)28)38-26(32)30-16-6-9-18(10-7-16)39(34,35)31-25-29-12-14-37-25/h2-12,14-15H,1,13H2,(H,29,31). The fourth-order valence-electron chi connectivity index (χ4n) is 3.57. The maximum absolute atomic E-state index is 13.2. The molecule has 1 fully saturated rings. The van der Waals surface area contributed by atoms with Crippen LogP contribution in [0.4, 0.5) is 10.8 Å². The highest BCUT2D eigenvalue weighted by Crippen LogP contribution is 2.38. The minimum Gasteiger partial charge on any atom is -0.457 e. The SMILES string of the molecule is C=CCN1C(=O)C(=Cc2ccc(-c3c(Cl)cccc3Cl)o2)SC1=Nc1ccc(S(=O)(=O)Nc2nccs2)cc1. The third-order valence-electron chi connectivity index (χ3n) is 5.33. The van der Waals surface area contributed by atoms with Crippen LogP contribution in [0.5, 0.6) is 0 Å². The minimum absolute atomic E-state index is 0.0626. The maximum atomic E-state index is 13.2. The average molecular weight is 618 g/mol. The zero-order valence-corrected chi connectivity index (χ0v) is 23.8. The van der Waals surface area contributed by atoms with Crippen molar-refractivity contribution in [2.24, 2.45) is 4.99 Å². The van der Waals surface area contributed by atoms with E-state index in [2.05, 4.69) is 21.3 Å². The van der Waals surface area contributed by atoms with Gasteiger partial charge < -0.3 is 4.42 Å². The molecule has 0 saturated carbocycles. The number of thiazole rings is 1. The molecule has 0 unspecified atom stereocenters. The second-order valence-electron chi connectivity index (χ2n) is 7.94. The zero-order chi connectivity index (χ0) is 27.6. The Balaban J connectivity index is 1.39. The lowest BCUT2D eigenvalue weighted by molar-refractivity contribution is -0.121. The molecule has 2 aromatic carbocycles. The van der Waals surface area contributed by atoms with Gasteiger partial charge in [0.15, 0.2) is 10.3 Å². The predicted molar refractivity (Wildman–Crippen MR) is 158 cm³/mol. The summed E-state index contributed by atoms with van der Waals surface area (Å²) in [5.41, 5.74) is 1.04. The number of furan rings is 1. The maximum Gasteiger partial charge on any atom is 0.267 e. The van der Waals surface area contributed by atoms with E-state index in [1.807, 2.05) is 0 Å². The lowest BCUT2D eigenvalue weighted by Gasteiger charge is -2.12. The highest BCUT2D eigenvalue weighted by molar-refractivity contribution is 8.18. The van der Waals surface area contributed by atoms with Crippen LogP contribution in [0.3, 0.4) is 0 Å². The van der Waals surface area contributed by atoms with E-state index in [4.69, 9.17) is 27.6 Å². The Morgan fingerprint density at radius 1 is 1.10 bits per heavy atom. The van der Waals surface area contributed by atoms with Crippen LogP contribution in [-0.4, -0.2) is 35.9 Å². The summed E-state index contributed by atoms with van der Waals surface area (Å²) < 4.78 is 33.6. The van der Waals surface area contributed by atoms with E-state index in [1.165, 1.54) is 46.3 Å². The van der Waals surface area contributed by atoms with E-state index in [0.717, 1.165) is 0 Å². The van der Waals surface area contributed by atoms with Gasteiger partial charge in [0.05, 0.1) is 31.1 Å². The van der Waals surface area contributed by atoms with E-state index in [0.29, 0.717) is 42.9 Å². The number of benzene rings is 2. The van der Waals surface area contributed by atoms with Crippen LogP contribution in [0, 0.1) is 0 Å². The molecule has 3 heterocycles. The van der Waals surface area contributed by atoms with E-state index < -0.39 is 10.0 Å². The van der Waals surface area contributed by atoms with Crippen LogP contribution < -0.4 is 4.72 Å². The molecule has 1 amide bonds. The molecule has 13 heteroatoms. The van der Waals surface area contributed by atoms with Crippen molar-refractivity contribution < 1.29 is 17.6 Å². The van der Waals surface area contributed by atoms with Crippen molar-refractivity contribution >= 4 is 84.3 Å². The number of hydrogen-bond acceptors (Lipinski definition) is 8. The Labute approximate surface area is 242 Å². The molecule has 0 atom stereocenters.